The number of nitrogens with two attached hydrogens (primary N) is 1. The Labute approximate surface area is 129 Å². The summed E-state index contributed by atoms with van der Waals surface area (Å²) in [6, 6.07) is 0. The summed E-state index contributed by atoms with van der Waals surface area (Å²) in [7, 11) is 0. The standard InChI is InChI=1S/C16H22N2O2S/c17-15(19)9-11-5-7-18(8-6-11)16(20)13-10-21-14-4-2-1-3-12(13)14/h10-11H,1-9H2,(H2,17,19). The number of primary amides is 1. The molecule has 1 aliphatic carbocycles. The van der Waals surface area contributed by atoms with Gasteiger partial charge in [-0.25, -0.2) is 0 Å². The number of amides is 2. The first-order valence-corrected chi connectivity index (χ1v) is 8.70. The van der Waals surface area contributed by atoms with Gasteiger partial charge in [0.15, 0.2) is 0 Å². The number of aryl methyl sites for hydroxylation is 1. The van der Waals surface area contributed by atoms with Crippen LogP contribution < -0.4 is 5.73 Å². The number of thiophene rings is 1. The molecule has 1 aromatic heterocycles. The lowest BCUT2D eigenvalue weighted by molar-refractivity contribution is -0.119. The molecule has 3 rings (SSSR count). The molecule has 0 aromatic carbocycles. The fraction of sp³-hybridized carbons (Fsp3) is 0.625. The van der Waals surface area contributed by atoms with E-state index >= 15 is 0 Å². The molecule has 5 heteroatoms. The van der Waals surface area contributed by atoms with E-state index in [1.165, 1.54) is 23.3 Å². The third-order valence-corrected chi connectivity index (χ3v) is 5.77. The minimum atomic E-state index is -0.230. The van der Waals surface area contributed by atoms with Gasteiger partial charge in [0.25, 0.3) is 5.91 Å². The molecule has 1 fully saturated rings. The average Bonchev–Trinajstić information content (AvgIpc) is 2.90. The van der Waals surface area contributed by atoms with Crippen molar-refractivity contribution in [1.82, 2.24) is 4.90 Å². The van der Waals surface area contributed by atoms with E-state index in [1.807, 2.05) is 10.3 Å². The molecule has 2 heterocycles. The molecular formula is C16H22N2O2S. The highest BCUT2D eigenvalue weighted by Gasteiger charge is 2.27. The molecule has 2 N–H and O–H groups in total. The van der Waals surface area contributed by atoms with Crippen molar-refractivity contribution in [1.29, 1.82) is 0 Å². The molecule has 2 amide bonds. The Bertz CT molecular complexity index is 544. The van der Waals surface area contributed by atoms with Crippen LogP contribution in [0.2, 0.25) is 0 Å². The summed E-state index contributed by atoms with van der Waals surface area (Å²) in [5.74, 6) is 0.307. The van der Waals surface area contributed by atoms with Gasteiger partial charge in [0.05, 0.1) is 5.56 Å². The molecule has 4 nitrogen and oxygen atoms in total. The molecule has 114 valence electrons. The lowest BCUT2D eigenvalue weighted by Crippen LogP contribution is -2.39. The Morgan fingerprint density at radius 3 is 2.67 bits per heavy atom. The van der Waals surface area contributed by atoms with Gasteiger partial charge in [-0.1, -0.05) is 0 Å². The Morgan fingerprint density at radius 2 is 1.95 bits per heavy atom. The highest BCUT2D eigenvalue weighted by Crippen LogP contribution is 2.32. The summed E-state index contributed by atoms with van der Waals surface area (Å²) >= 11 is 1.74. The quantitative estimate of drug-likeness (QED) is 0.931. The minimum Gasteiger partial charge on any atom is -0.370 e. The topological polar surface area (TPSA) is 63.4 Å². The summed E-state index contributed by atoms with van der Waals surface area (Å²) in [4.78, 5) is 27.0. The Kier molecular flexibility index (Phi) is 4.29. The van der Waals surface area contributed by atoms with Gasteiger partial charge in [0, 0.05) is 29.8 Å². The van der Waals surface area contributed by atoms with Crippen LogP contribution in [0.4, 0.5) is 0 Å². The Hall–Kier alpha value is -1.36. The van der Waals surface area contributed by atoms with Crippen molar-refractivity contribution in [3.63, 3.8) is 0 Å². The van der Waals surface area contributed by atoms with E-state index in [0.29, 0.717) is 12.3 Å². The Balaban J connectivity index is 1.64. The van der Waals surface area contributed by atoms with E-state index in [9.17, 15) is 9.59 Å². The van der Waals surface area contributed by atoms with Crippen molar-refractivity contribution >= 4 is 23.2 Å². The average molecular weight is 306 g/mol. The summed E-state index contributed by atoms with van der Waals surface area (Å²) in [5.41, 5.74) is 7.49. The normalized spacial score (nSPS) is 19.3. The second-order valence-electron chi connectivity index (χ2n) is 6.16. The summed E-state index contributed by atoms with van der Waals surface area (Å²) < 4.78 is 0. The third kappa shape index (κ3) is 3.12. The van der Waals surface area contributed by atoms with Crippen molar-refractivity contribution in [3.05, 3.63) is 21.4 Å². The summed E-state index contributed by atoms with van der Waals surface area (Å²) in [6.07, 6.45) is 6.87. The number of likely N-dealkylation sites (tertiary alicyclic amines) is 1. The van der Waals surface area contributed by atoms with Crippen LogP contribution in [0, 0.1) is 5.92 Å². The number of piperidine rings is 1. The SMILES string of the molecule is NC(=O)CC1CCN(C(=O)c2csc3c2CCCC3)CC1. The van der Waals surface area contributed by atoms with Crippen molar-refractivity contribution in [2.45, 2.75) is 44.9 Å². The molecule has 1 saturated heterocycles. The predicted molar refractivity (Wildman–Crippen MR) is 83.4 cm³/mol. The number of fused-ring (bicyclic) bond motifs is 1. The maximum Gasteiger partial charge on any atom is 0.254 e. The third-order valence-electron chi connectivity index (χ3n) is 4.68. The maximum atomic E-state index is 12.7. The molecule has 0 saturated carbocycles. The summed E-state index contributed by atoms with van der Waals surface area (Å²) in [5, 5.41) is 2.05. The van der Waals surface area contributed by atoms with Crippen LogP contribution >= 0.6 is 11.3 Å². The lowest BCUT2D eigenvalue weighted by atomic mass is 9.92. The fourth-order valence-corrected chi connectivity index (χ4v) is 4.59. The highest BCUT2D eigenvalue weighted by molar-refractivity contribution is 7.10. The molecule has 1 aromatic rings. The van der Waals surface area contributed by atoms with Crippen LogP contribution in [-0.4, -0.2) is 29.8 Å². The monoisotopic (exact) mass is 306 g/mol. The second kappa shape index (κ2) is 6.18. The zero-order valence-corrected chi connectivity index (χ0v) is 13.1. The number of nitrogens with zero attached hydrogens (tertiary/aromatic N) is 1. The van der Waals surface area contributed by atoms with Gasteiger partial charge in [0.1, 0.15) is 0 Å². The number of carbonyl (C=O) groups is 2. The van der Waals surface area contributed by atoms with Crippen LogP contribution in [-0.2, 0) is 17.6 Å². The van der Waals surface area contributed by atoms with Crippen molar-refractivity contribution in [2.24, 2.45) is 11.7 Å². The molecule has 2 aliphatic rings. The van der Waals surface area contributed by atoms with E-state index in [0.717, 1.165) is 44.3 Å². The number of rotatable bonds is 3. The smallest absolute Gasteiger partial charge is 0.254 e. The second-order valence-corrected chi connectivity index (χ2v) is 7.13. The van der Waals surface area contributed by atoms with Crippen molar-refractivity contribution < 1.29 is 9.59 Å². The predicted octanol–water partition coefficient (Wildman–Crippen LogP) is 2.35. The number of hydrogen-bond donors (Lipinski definition) is 1. The van der Waals surface area contributed by atoms with E-state index in [1.54, 1.807) is 11.3 Å². The number of hydrogen-bond acceptors (Lipinski definition) is 3. The van der Waals surface area contributed by atoms with Crippen molar-refractivity contribution in [3.8, 4) is 0 Å². The summed E-state index contributed by atoms with van der Waals surface area (Å²) in [6.45, 7) is 1.50. The first kappa shape index (κ1) is 14.6. The van der Waals surface area contributed by atoms with Crippen LogP contribution in [0.1, 0.15) is 52.9 Å². The molecule has 0 spiro atoms. The number of carbonyl (C=O) groups excluding carboxylic acids is 2. The molecule has 0 atom stereocenters. The molecule has 0 bridgehead atoms. The molecule has 21 heavy (non-hydrogen) atoms. The van der Waals surface area contributed by atoms with E-state index < -0.39 is 0 Å². The largest absolute Gasteiger partial charge is 0.370 e. The van der Waals surface area contributed by atoms with Gasteiger partial charge >= 0.3 is 0 Å². The van der Waals surface area contributed by atoms with Gasteiger partial charge in [-0.3, -0.25) is 9.59 Å². The minimum absolute atomic E-state index is 0.187. The molecule has 0 unspecified atom stereocenters. The van der Waals surface area contributed by atoms with Gasteiger partial charge < -0.3 is 10.6 Å². The first-order chi connectivity index (χ1) is 10.1. The molecule has 0 radical (unpaired) electrons. The van der Waals surface area contributed by atoms with Crippen LogP contribution in [0.15, 0.2) is 5.38 Å². The van der Waals surface area contributed by atoms with Gasteiger partial charge in [-0.05, 0) is 50.0 Å². The van der Waals surface area contributed by atoms with Crippen LogP contribution in [0.3, 0.4) is 0 Å². The van der Waals surface area contributed by atoms with Gasteiger partial charge in [0.2, 0.25) is 5.91 Å². The maximum absolute atomic E-state index is 12.7. The zero-order chi connectivity index (χ0) is 14.8. The van der Waals surface area contributed by atoms with E-state index in [4.69, 9.17) is 5.73 Å². The van der Waals surface area contributed by atoms with Crippen LogP contribution in [0.25, 0.3) is 0 Å². The van der Waals surface area contributed by atoms with Gasteiger partial charge in [-0.15, -0.1) is 11.3 Å². The van der Waals surface area contributed by atoms with Crippen molar-refractivity contribution in [2.75, 3.05) is 13.1 Å². The highest BCUT2D eigenvalue weighted by atomic mass is 32.1. The van der Waals surface area contributed by atoms with E-state index in [-0.39, 0.29) is 11.8 Å². The first-order valence-electron chi connectivity index (χ1n) is 7.82. The zero-order valence-electron chi connectivity index (χ0n) is 12.3. The van der Waals surface area contributed by atoms with Gasteiger partial charge in [-0.2, -0.15) is 0 Å². The Morgan fingerprint density at radius 1 is 1.24 bits per heavy atom. The van der Waals surface area contributed by atoms with E-state index in [2.05, 4.69) is 0 Å². The van der Waals surface area contributed by atoms with Crippen LogP contribution in [0.5, 0.6) is 0 Å². The lowest BCUT2D eigenvalue weighted by Gasteiger charge is -2.31. The fourth-order valence-electron chi connectivity index (χ4n) is 3.47. The molecular weight excluding hydrogens is 284 g/mol. The molecule has 1 aliphatic heterocycles.